The van der Waals surface area contributed by atoms with Crippen molar-refractivity contribution in [1.29, 1.82) is 0 Å². The summed E-state index contributed by atoms with van der Waals surface area (Å²) in [7, 11) is 0. The van der Waals surface area contributed by atoms with Crippen LogP contribution in [0, 0.1) is 13.8 Å². The molecule has 1 N–H and O–H groups in total. The molecule has 1 aliphatic heterocycles. The summed E-state index contributed by atoms with van der Waals surface area (Å²) < 4.78 is 7.60. The molecule has 3 rings (SSSR count). The fraction of sp³-hybridized carbons (Fsp3) is 0.667. The number of halogens is 1. The highest BCUT2D eigenvalue weighted by atomic mass is 79.9. The molecule has 3 heteroatoms. The lowest BCUT2D eigenvalue weighted by Gasteiger charge is -2.33. The average molecular weight is 352 g/mol. The first-order valence-corrected chi connectivity index (χ1v) is 9.06. The van der Waals surface area contributed by atoms with Gasteiger partial charge in [0.15, 0.2) is 0 Å². The molecule has 1 heterocycles. The smallest absolute Gasteiger partial charge is 0.0756 e. The molecule has 2 fully saturated rings. The van der Waals surface area contributed by atoms with E-state index < -0.39 is 0 Å². The van der Waals surface area contributed by atoms with Crippen molar-refractivity contribution in [2.24, 2.45) is 0 Å². The number of nitrogens with one attached hydrogen (secondary N) is 1. The van der Waals surface area contributed by atoms with E-state index in [9.17, 15) is 0 Å². The third kappa shape index (κ3) is 3.45. The second kappa shape index (κ2) is 6.29. The van der Waals surface area contributed by atoms with Gasteiger partial charge in [-0.1, -0.05) is 25.3 Å². The van der Waals surface area contributed by atoms with Gasteiger partial charge in [-0.3, -0.25) is 0 Å². The quantitative estimate of drug-likeness (QED) is 0.791. The fourth-order valence-electron chi connectivity index (χ4n) is 3.96. The van der Waals surface area contributed by atoms with Crippen molar-refractivity contribution in [2.75, 3.05) is 11.9 Å². The molecule has 21 heavy (non-hydrogen) atoms. The number of hydrogen-bond acceptors (Lipinski definition) is 2. The fourth-order valence-corrected chi connectivity index (χ4v) is 4.77. The molecule has 1 saturated carbocycles. The maximum atomic E-state index is 6.44. The van der Waals surface area contributed by atoms with E-state index >= 15 is 0 Å². The molecule has 1 saturated heterocycles. The lowest BCUT2D eigenvalue weighted by Crippen LogP contribution is -2.33. The zero-order valence-corrected chi connectivity index (χ0v) is 14.8. The third-order valence-electron chi connectivity index (χ3n) is 5.04. The molecular weight excluding hydrogens is 326 g/mol. The number of hydrogen-bond donors (Lipinski definition) is 1. The maximum Gasteiger partial charge on any atom is 0.0756 e. The van der Waals surface area contributed by atoms with E-state index in [4.69, 9.17) is 4.74 Å². The lowest BCUT2D eigenvalue weighted by molar-refractivity contribution is -0.0588. The number of ether oxygens (including phenoxy) is 1. The number of anilines is 1. The lowest BCUT2D eigenvalue weighted by atomic mass is 9.83. The molecule has 0 aromatic heterocycles. The van der Waals surface area contributed by atoms with Crippen LogP contribution in [0.1, 0.15) is 56.1 Å². The number of aryl methyl sites for hydroxylation is 2. The Labute approximate surface area is 136 Å². The molecule has 2 aliphatic rings. The van der Waals surface area contributed by atoms with Crippen LogP contribution in [0.15, 0.2) is 16.6 Å². The van der Waals surface area contributed by atoms with Crippen LogP contribution in [0.25, 0.3) is 0 Å². The summed E-state index contributed by atoms with van der Waals surface area (Å²) in [6.07, 6.45) is 9.47. The van der Waals surface area contributed by atoms with Crippen molar-refractivity contribution >= 4 is 21.6 Å². The van der Waals surface area contributed by atoms with E-state index in [1.807, 2.05) is 0 Å². The predicted octanol–water partition coefficient (Wildman–Crippen LogP) is 5.36. The van der Waals surface area contributed by atoms with Crippen LogP contribution in [0.5, 0.6) is 0 Å². The molecule has 1 aromatic carbocycles. The Morgan fingerprint density at radius 1 is 1.19 bits per heavy atom. The summed E-state index contributed by atoms with van der Waals surface area (Å²) in [5.41, 5.74) is 4.04. The van der Waals surface area contributed by atoms with Gasteiger partial charge in [0, 0.05) is 11.0 Å². The predicted molar refractivity (Wildman–Crippen MR) is 92.0 cm³/mol. The van der Waals surface area contributed by atoms with E-state index in [2.05, 4.69) is 47.2 Å². The van der Waals surface area contributed by atoms with Crippen LogP contribution >= 0.6 is 15.9 Å². The van der Waals surface area contributed by atoms with Gasteiger partial charge in [-0.25, -0.2) is 0 Å². The summed E-state index contributed by atoms with van der Waals surface area (Å²) in [4.78, 5) is 0. The highest BCUT2D eigenvalue weighted by Gasteiger charge is 2.40. The molecule has 1 spiro atoms. The van der Waals surface area contributed by atoms with E-state index in [1.165, 1.54) is 61.8 Å². The molecule has 1 aliphatic carbocycles. The van der Waals surface area contributed by atoms with Gasteiger partial charge in [0.1, 0.15) is 0 Å². The number of rotatable bonds is 3. The van der Waals surface area contributed by atoms with Crippen molar-refractivity contribution in [1.82, 2.24) is 0 Å². The Morgan fingerprint density at radius 2 is 1.95 bits per heavy atom. The van der Waals surface area contributed by atoms with Crippen LogP contribution in [-0.4, -0.2) is 18.2 Å². The first kappa shape index (κ1) is 15.4. The van der Waals surface area contributed by atoms with Crippen LogP contribution < -0.4 is 5.32 Å². The van der Waals surface area contributed by atoms with Crippen LogP contribution in [-0.2, 0) is 4.74 Å². The molecule has 0 radical (unpaired) electrons. The van der Waals surface area contributed by atoms with E-state index in [1.54, 1.807) is 0 Å². The molecule has 116 valence electrons. The Morgan fingerprint density at radius 3 is 2.67 bits per heavy atom. The van der Waals surface area contributed by atoms with Crippen molar-refractivity contribution in [3.63, 3.8) is 0 Å². The van der Waals surface area contributed by atoms with E-state index in [-0.39, 0.29) is 5.60 Å². The van der Waals surface area contributed by atoms with Gasteiger partial charge in [0.05, 0.1) is 17.4 Å². The standard InChI is InChI=1S/C18H26BrNO/c1-13-10-14(2)17(16(19)11-13)20-12-15-6-9-18(21-15)7-4-3-5-8-18/h10-11,15,20H,3-9,12H2,1-2H3. The molecule has 0 bridgehead atoms. The molecule has 0 amide bonds. The maximum absolute atomic E-state index is 6.44. The molecule has 1 atom stereocenters. The minimum absolute atomic E-state index is 0.226. The Hall–Kier alpha value is -0.540. The zero-order valence-electron chi connectivity index (χ0n) is 13.2. The molecule has 2 nitrogen and oxygen atoms in total. The second-order valence-corrected chi connectivity index (χ2v) is 7.70. The van der Waals surface area contributed by atoms with Crippen molar-refractivity contribution in [2.45, 2.75) is 70.5 Å². The summed E-state index contributed by atoms with van der Waals surface area (Å²) >= 11 is 3.67. The topological polar surface area (TPSA) is 21.3 Å². The largest absolute Gasteiger partial charge is 0.381 e. The minimum Gasteiger partial charge on any atom is -0.381 e. The Bertz CT molecular complexity index is 485. The average Bonchev–Trinajstić information content (AvgIpc) is 2.81. The number of benzene rings is 1. The van der Waals surface area contributed by atoms with Gasteiger partial charge in [-0.2, -0.15) is 0 Å². The zero-order chi connectivity index (χ0) is 14.9. The monoisotopic (exact) mass is 351 g/mol. The van der Waals surface area contributed by atoms with Crippen molar-refractivity contribution in [3.8, 4) is 0 Å². The van der Waals surface area contributed by atoms with Gasteiger partial charge in [0.25, 0.3) is 0 Å². The summed E-state index contributed by atoms with van der Waals surface area (Å²) in [6, 6.07) is 4.40. The highest BCUT2D eigenvalue weighted by molar-refractivity contribution is 9.10. The van der Waals surface area contributed by atoms with Crippen LogP contribution in [0.2, 0.25) is 0 Å². The second-order valence-electron chi connectivity index (χ2n) is 6.84. The third-order valence-corrected chi connectivity index (χ3v) is 5.67. The normalized spacial score (nSPS) is 24.4. The Balaban J connectivity index is 1.59. The van der Waals surface area contributed by atoms with Gasteiger partial charge in [0.2, 0.25) is 0 Å². The summed E-state index contributed by atoms with van der Waals surface area (Å²) in [5.74, 6) is 0. The van der Waals surface area contributed by atoms with E-state index in [0.29, 0.717) is 6.10 Å². The van der Waals surface area contributed by atoms with Gasteiger partial charge >= 0.3 is 0 Å². The van der Waals surface area contributed by atoms with Crippen LogP contribution in [0.4, 0.5) is 5.69 Å². The highest BCUT2D eigenvalue weighted by Crippen LogP contribution is 2.42. The SMILES string of the molecule is Cc1cc(C)c(NCC2CCC3(CCCCC3)O2)c(Br)c1. The van der Waals surface area contributed by atoms with Crippen LogP contribution in [0.3, 0.4) is 0 Å². The minimum atomic E-state index is 0.226. The van der Waals surface area contributed by atoms with Gasteiger partial charge in [-0.05, 0) is 72.7 Å². The molecule has 1 aromatic rings. The molecular formula is C18H26BrNO. The summed E-state index contributed by atoms with van der Waals surface area (Å²) in [5, 5.41) is 3.60. The van der Waals surface area contributed by atoms with Gasteiger partial charge < -0.3 is 10.1 Å². The first-order chi connectivity index (χ1) is 10.1. The Kier molecular flexibility index (Phi) is 4.60. The summed E-state index contributed by atoms with van der Waals surface area (Å²) in [6.45, 7) is 5.22. The van der Waals surface area contributed by atoms with Crippen molar-refractivity contribution < 1.29 is 4.74 Å². The van der Waals surface area contributed by atoms with Gasteiger partial charge in [-0.15, -0.1) is 0 Å². The van der Waals surface area contributed by atoms with E-state index in [0.717, 1.165) is 11.0 Å². The van der Waals surface area contributed by atoms with Crippen molar-refractivity contribution in [3.05, 3.63) is 27.7 Å². The first-order valence-electron chi connectivity index (χ1n) is 8.26. The molecule has 1 unspecified atom stereocenters.